The maximum Gasteiger partial charge on any atom is 0.224 e. The van der Waals surface area contributed by atoms with Gasteiger partial charge in [0.2, 0.25) is 11.8 Å². The molecule has 2 N–H and O–H groups in total. The summed E-state index contributed by atoms with van der Waals surface area (Å²) >= 11 is 0. The summed E-state index contributed by atoms with van der Waals surface area (Å²) in [6.45, 7) is 6.80. The molecule has 0 aromatic carbocycles. The van der Waals surface area contributed by atoms with E-state index in [0.29, 0.717) is 30.7 Å². The number of rotatable bonds is 6. The number of hydrogen-bond donors (Lipinski definition) is 2. The molecule has 1 saturated heterocycles. The van der Waals surface area contributed by atoms with Crippen LogP contribution in [0.2, 0.25) is 0 Å². The topological polar surface area (TPSA) is 63.2 Å². The highest BCUT2D eigenvalue weighted by Gasteiger charge is 2.22. The van der Waals surface area contributed by atoms with Crippen molar-refractivity contribution < 1.29 is 9.53 Å². The molecule has 2 heterocycles. The van der Waals surface area contributed by atoms with E-state index in [2.05, 4.69) is 22.5 Å². The fourth-order valence-corrected chi connectivity index (χ4v) is 2.72. The molecule has 5 heteroatoms. The van der Waals surface area contributed by atoms with E-state index in [4.69, 9.17) is 4.74 Å². The fourth-order valence-electron chi connectivity index (χ4n) is 2.72. The zero-order chi connectivity index (χ0) is 15.1. The minimum atomic E-state index is 0.0547. The molecule has 116 valence electrons. The Balaban J connectivity index is 1.80. The highest BCUT2D eigenvalue weighted by Crippen LogP contribution is 2.23. The molecule has 5 nitrogen and oxygen atoms in total. The molecule has 2 rings (SSSR count). The predicted molar refractivity (Wildman–Crippen MR) is 83.4 cm³/mol. The summed E-state index contributed by atoms with van der Waals surface area (Å²) in [5.74, 6) is 1.63. The number of nitrogens with one attached hydrogen (secondary N) is 2. The molecular formula is C16H25N3O2. The monoisotopic (exact) mass is 291 g/mol. The van der Waals surface area contributed by atoms with E-state index in [1.54, 1.807) is 12.3 Å². The third-order valence-corrected chi connectivity index (χ3v) is 3.96. The van der Waals surface area contributed by atoms with E-state index in [9.17, 15) is 4.79 Å². The fraction of sp³-hybridized carbons (Fsp3) is 0.625. The van der Waals surface area contributed by atoms with E-state index in [0.717, 1.165) is 18.8 Å². The molecule has 1 aliphatic heterocycles. The molecule has 0 bridgehead atoms. The van der Waals surface area contributed by atoms with Gasteiger partial charge in [0.25, 0.3) is 0 Å². The van der Waals surface area contributed by atoms with Crippen LogP contribution < -0.4 is 15.4 Å². The standard InChI is InChI=1S/C16H25N3O2/c1-3-21-16-7-6-14(11-18-16)19-15(20)9-12(2)13-5-4-8-17-10-13/h6-7,11-13,17H,3-5,8-10H2,1-2H3,(H,19,20). The minimum absolute atomic E-state index is 0.0547. The summed E-state index contributed by atoms with van der Waals surface area (Å²) in [5.41, 5.74) is 0.720. The number of carbonyl (C=O) groups is 1. The van der Waals surface area contributed by atoms with Crippen LogP contribution >= 0.6 is 0 Å². The number of aromatic nitrogens is 1. The zero-order valence-electron chi connectivity index (χ0n) is 12.9. The van der Waals surface area contributed by atoms with E-state index in [1.807, 2.05) is 13.0 Å². The first-order valence-corrected chi connectivity index (χ1v) is 7.78. The maximum absolute atomic E-state index is 12.1. The molecule has 1 aromatic heterocycles. The van der Waals surface area contributed by atoms with Gasteiger partial charge >= 0.3 is 0 Å². The average Bonchev–Trinajstić information content (AvgIpc) is 2.50. The lowest BCUT2D eigenvalue weighted by Crippen LogP contribution is -2.34. The molecule has 1 aliphatic rings. The number of piperidine rings is 1. The normalized spacial score (nSPS) is 19.8. The second kappa shape index (κ2) is 7.98. The Labute approximate surface area is 126 Å². The molecule has 0 aliphatic carbocycles. The number of pyridine rings is 1. The number of anilines is 1. The Morgan fingerprint density at radius 3 is 3.05 bits per heavy atom. The van der Waals surface area contributed by atoms with Gasteiger partial charge in [-0.15, -0.1) is 0 Å². The van der Waals surface area contributed by atoms with E-state index in [-0.39, 0.29) is 5.91 Å². The van der Waals surface area contributed by atoms with Gasteiger partial charge in [0.1, 0.15) is 0 Å². The second-order valence-electron chi connectivity index (χ2n) is 5.65. The van der Waals surface area contributed by atoms with Gasteiger partial charge in [0.05, 0.1) is 18.5 Å². The third kappa shape index (κ3) is 5.01. The van der Waals surface area contributed by atoms with E-state index >= 15 is 0 Å². The Morgan fingerprint density at radius 2 is 2.43 bits per heavy atom. The summed E-state index contributed by atoms with van der Waals surface area (Å²) in [4.78, 5) is 16.2. The molecule has 0 saturated carbocycles. The van der Waals surface area contributed by atoms with Crippen molar-refractivity contribution in [1.29, 1.82) is 0 Å². The first-order valence-electron chi connectivity index (χ1n) is 7.78. The third-order valence-electron chi connectivity index (χ3n) is 3.96. The molecular weight excluding hydrogens is 266 g/mol. The molecule has 1 aromatic rings. The van der Waals surface area contributed by atoms with Crippen molar-refractivity contribution in [1.82, 2.24) is 10.3 Å². The molecule has 2 atom stereocenters. The lowest BCUT2D eigenvalue weighted by atomic mass is 9.85. The van der Waals surface area contributed by atoms with Crippen molar-refractivity contribution in [3.05, 3.63) is 18.3 Å². The number of ether oxygens (including phenoxy) is 1. The van der Waals surface area contributed by atoms with Gasteiger partial charge in [-0.05, 0) is 50.8 Å². The van der Waals surface area contributed by atoms with Gasteiger partial charge in [-0.1, -0.05) is 6.92 Å². The van der Waals surface area contributed by atoms with Gasteiger partial charge in [-0.25, -0.2) is 4.98 Å². The SMILES string of the molecule is CCOc1ccc(NC(=O)CC(C)C2CCCNC2)cn1. The lowest BCUT2D eigenvalue weighted by Gasteiger charge is -2.28. The molecule has 21 heavy (non-hydrogen) atoms. The summed E-state index contributed by atoms with van der Waals surface area (Å²) in [6, 6.07) is 3.59. The van der Waals surface area contributed by atoms with Crippen LogP contribution in [0.4, 0.5) is 5.69 Å². The van der Waals surface area contributed by atoms with E-state index < -0.39 is 0 Å². The summed E-state index contributed by atoms with van der Waals surface area (Å²) in [7, 11) is 0. The minimum Gasteiger partial charge on any atom is -0.478 e. The first kappa shape index (κ1) is 15.8. The van der Waals surface area contributed by atoms with Crippen LogP contribution in [0, 0.1) is 11.8 Å². The van der Waals surface area contributed by atoms with Crippen LogP contribution in [-0.4, -0.2) is 30.6 Å². The maximum atomic E-state index is 12.1. The second-order valence-corrected chi connectivity index (χ2v) is 5.65. The number of carbonyl (C=O) groups excluding carboxylic acids is 1. The number of amides is 1. The van der Waals surface area contributed by atoms with Crippen molar-refractivity contribution in [2.24, 2.45) is 11.8 Å². The van der Waals surface area contributed by atoms with Crippen molar-refractivity contribution in [2.75, 3.05) is 25.0 Å². The van der Waals surface area contributed by atoms with Crippen molar-refractivity contribution >= 4 is 11.6 Å². The summed E-state index contributed by atoms with van der Waals surface area (Å²) in [5, 5.41) is 6.31. The molecule has 2 unspecified atom stereocenters. The Hall–Kier alpha value is -1.62. The van der Waals surface area contributed by atoms with Crippen molar-refractivity contribution in [2.45, 2.75) is 33.1 Å². The van der Waals surface area contributed by atoms with Crippen LogP contribution in [0.15, 0.2) is 18.3 Å². The van der Waals surface area contributed by atoms with Gasteiger partial charge in [-0.2, -0.15) is 0 Å². The summed E-state index contributed by atoms with van der Waals surface area (Å²) in [6.07, 6.45) is 4.61. The predicted octanol–water partition coefficient (Wildman–Crippen LogP) is 2.44. The largest absolute Gasteiger partial charge is 0.478 e. The lowest BCUT2D eigenvalue weighted by molar-refractivity contribution is -0.117. The highest BCUT2D eigenvalue weighted by atomic mass is 16.5. The average molecular weight is 291 g/mol. The number of nitrogens with zero attached hydrogens (tertiary/aromatic N) is 1. The van der Waals surface area contributed by atoms with Crippen molar-refractivity contribution in [3.63, 3.8) is 0 Å². The highest BCUT2D eigenvalue weighted by molar-refractivity contribution is 5.90. The number of hydrogen-bond acceptors (Lipinski definition) is 4. The van der Waals surface area contributed by atoms with Gasteiger partial charge in [0, 0.05) is 12.5 Å². The summed E-state index contributed by atoms with van der Waals surface area (Å²) < 4.78 is 5.28. The van der Waals surface area contributed by atoms with Crippen molar-refractivity contribution in [3.8, 4) is 5.88 Å². The van der Waals surface area contributed by atoms with Crippen LogP contribution in [0.25, 0.3) is 0 Å². The Kier molecular flexibility index (Phi) is 5.99. The quantitative estimate of drug-likeness (QED) is 0.845. The zero-order valence-corrected chi connectivity index (χ0v) is 12.9. The van der Waals surface area contributed by atoms with Crippen LogP contribution in [0.3, 0.4) is 0 Å². The molecule has 1 amide bonds. The van der Waals surface area contributed by atoms with Gasteiger partial charge in [-0.3, -0.25) is 4.79 Å². The first-order chi connectivity index (χ1) is 10.2. The van der Waals surface area contributed by atoms with Gasteiger partial charge < -0.3 is 15.4 Å². The smallest absolute Gasteiger partial charge is 0.224 e. The molecule has 0 spiro atoms. The van der Waals surface area contributed by atoms with Crippen LogP contribution in [-0.2, 0) is 4.79 Å². The molecule has 0 radical (unpaired) electrons. The van der Waals surface area contributed by atoms with Crippen LogP contribution in [0.5, 0.6) is 5.88 Å². The van der Waals surface area contributed by atoms with Crippen LogP contribution in [0.1, 0.15) is 33.1 Å². The Morgan fingerprint density at radius 1 is 1.57 bits per heavy atom. The van der Waals surface area contributed by atoms with E-state index in [1.165, 1.54) is 12.8 Å². The van der Waals surface area contributed by atoms with Gasteiger partial charge in [0.15, 0.2) is 0 Å². The molecule has 1 fully saturated rings. The Bertz CT molecular complexity index is 441.